The van der Waals surface area contributed by atoms with Crippen LogP contribution < -0.4 is 5.14 Å². The smallest absolute Gasteiger partial charge is 0.257 e. The molecule has 29 heavy (non-hydrogen) atoms. The number of rotatable bonds is 6. The van der Waals surface area contributed by atoms with Crippen LogP contribution in [0.4, 0.5) is 8.78 Å². The van der Waals surface area contributed by atoms with E-state index in [0.29, 0.717) is 0 Å². The van der Waals surface area contributed by atoms with E-state index in [1.54, 1.807) is 0 Å². The fraction of sp³-hybridized carbons (Fsp3) is 0.500. The number of thiazole rings is 1. The number of benzene rings is 1. The van der Waals surface area contributed by atoms with Gasteiger partial charge in [0, 0.05) is 10.9 Å². The molecule has 1 amide bonds. The van der Waals surface area contributed by atoms with Gasteiger partial charge in [-0.25, -0.2) is 9.37 Å². The number of nitrogens with two attached hydrogens (primary N) is 1. The third kappa shape index (κ3) is 5.14. The zero-order valence-corrected chi connectivity index (χ0v) is 18.5. The summed E-state index contributed by atoms with van der Waals surface area (Å²) in [5.74, 6) is -1.28. The van der Waals surface area contributed by atoms with Crippen molar-refractivity contribution in [2.24, 2.45) is 9.50 Å². The lowest BCUT2D eigenvalue weighted by molar-refractivity contribution is -0.117. The normalized spacial score (nSPS) is 15.9. The Morgan fingerprint density at radius 2 is 2.07 bits per heavy atom. The molecule has 3 N–H and O–H groups in total. The van der Waals surface area contributed by atoms with Gasteiger partial charge in [-0.2, -0.15) is 8.75 Å². The lowest BCUT2D eigenvalue weighted by atomic mass is 9.89. The molecule has 1 aromatic heterocycles. The molecule has 1 aliphatic rings. The van der Waals surface area contributed by atoms with E-state index in [0.717, 1.165) is 40.9 Å². The van der Waals surface area contributed by atoms with Crippen molar-refractivity contribution >= 4 is 28.1 Å². The molecular formula is C20H25F2N3O2S2. The molecular weight excluding hydrogens is 416 g/mol. The Kier molecular flexibility index (Phi) is 6.33. The summed E-state index contributed by atoms with van der Waals surface area (Å²) in [6.07, 6.45) is 1.96. The fourth-order valence-corrected chi connectivity index (χ4v) is 5.13. The van der Waals surface area contributed by atoms with E-state index >= 15 is 0 Å². The fourth-order valence-electron chi connectivity index (χ4n) is 3.17. The van der Waals surface area contributed by atoms with E-state index in [1.807, 2.05) is 13.8 Å². The van der Waals surface area contributed by atoms with Gasteiger partial charge in [0.25, 0.3) is 5.91 Å². The Bertz CT molecular complexity index is 954. The highest BCUT2D eigenvalue weighted by molar-refractivity contribution is 7.87. The SMILES string of the molecule is CC(C)c1cc(F)cc(C2CC2)c1CC(=O)N=S(N)c1sc(C(C)(C)O)nc1F. The maximum absolute atomic E-state index is 14.2. The average Bonchev–Trinajstić information content (AvgIpc) is 3.36. The van der Waals surface area contributed by atoms with E-state index in [2.05, 4.69) is 9.35 Å². The van der Waals surface area contributed by atoms with Crippen LogP contribution in [0.15, 0.2) is 20.7 Å². The first kappa shape index (κ1) is 22.1. The molecule has 1 atom stereocenters. The molecule has 1 unspecified atom stereocenters. The lowest BCUT2D eigenvalue weighted by Crippen LogP contribution is -2.14. The summed E-state index contributed by atoms with van der Waals surface area (Å²) in [7, 11) is -1.51. The minimum absolute atomic E-state index is 0.000893. The van der Waals surface area contributed by atoms with Gasteiger partial charge in [-0.15, -0.1) is 11.3 Å². The first-order valence-electron chi connectivity index (χ1n) is 9.42. The minimum Gasteiger partial charge on any atom is -0.383 e. The molecule has 0 saturated heterocycles. The molecule has 1 aromatic carbocycles. The van der Waals surface area contributed by atoms with Gasteiger partial charge in [0.15, 0.2) is 0 Å². The first-order chi connectivity index (χ1) is 13.5. The quantitative estimate of drug-likeness (QED) is 0.693. The van der Waals surface area contributed by atoms with Crippen molar-refractivity contribution in [3.63, 3.8) is 0 Å². The second-order valence-electron chi connectivity index (χ2n) is 8.12. The predicted molar refractivity (Wildman–Crippen MR) is 111 cm³/mol. The third-order valence-corrected chi connectivity index (χ3v) is 7.57. The summed E-state index contributed by atoms with van der Waals surface area (Å²) in [4.78, 5) is 16.3. The van der Waals surface area contributed by atoms with Gasteiger partial charge < -0.3 is 5.11 Å². The van der Waals surface area contributed by atoms with Gasteiger partial charge in [-0.05, 0) is 67.3 Å². The number of aliphatic hydroxyl groups is 1. The maximum Gasteiger partial charge on any atom is 0.257 e. The molecule has 2 aromatic rings. The standard InChI is InChI=1S/C20H25F2N3O2S2/c1-10(2)13-7-12(21)8-14(11-5-6-11)15(13)9-16(26)25-29(23)18-17(22)24-19(28-18)20(3,4)27/h7-8,10-11,27H,5-6,9H2,1-4H3,(H2,23,25,26). The highest BCUT2D eigenvalue weighted by Gasteiger charge is 2.29. The van der Waals surface area contributed by atoms with E-state index in [9.17, 15) is 18.7 Å². The van der Waals surface area contributed by atoms with Gasteiger partial charge in [-0.1, -0.05) is 13.8 Å². The number of halogens is 2. The first-order valence-corrected chi connectivity index (χ1v) is 11.5. The molecule has 1 saturated carbocycles. The van der Waals surface area contributed by atoms with Gasteiger partial charge in [-0.3, -0.25) is 9.93 Å². The number of amides is 1. The van der Waals surface area contributed by atoms with Crippen molar-refractivity contribution in [1.29, 1.82) is 0 Å². The summed E-state index contributed by atoms with van der Waals surface area (Å²) in [5.41, 5.74) is 1.15. The van der Waals surface area contributed by atoms with Crippen LogP contribution in [-0.4, -0.2) is 16.0 Å². The van der Waals surface area contributed by atoms with E-state index in [-0.39, 0.29) is 33.3 Å². The van der Waals surface area contributed by atoms with E-state index in [4.69, 9.17) is 5.14 Å². The Hall–Kier alpha value is -1.55. The van der Waals surface area contributed by atoms with Crippen molar-refractivity contribution in [3.05, 3.63) is 45.6 Å². The van der Waals surface area contributed by atoms with Crippen molar-refractivity contribution in [2.75, 3.05) is 0 Å². The van der Waals surface area contributed by atoms with Crippen LogP contribution in [0, 0.1) is 11.8 Å². The van der Waals surface area contributed by atoms with Gasteiger partial charge in [0.1, 0.15) is 20.6 Å². The summed E-state index contributed by atoms with van der Waals surface area (Å²) < 4.78 is 32.2. The van der Waals surface area contributed by atoms with Crippen molar-refractivity contribution < 1.29 is 18.7 Å². The Morgan fingerprint density at radius 3 is 2.59 bits per heavy atom. The zero-order valence-electron chi connectivity index (χ0n) is 16.8. The number of carbonyl (C=O) groups excluding carboxylic acids is 1. The van der Waals surface area contributed by atoms with E-state index < -0.39 is 28.3 Å². The molecule has 0 radical (unpaired) electrons. The number of hydrogen-bond donors (Lipinski definition) is 2. The summed E-state index contributed by atoms with van der Waals surface area (Å²) in [6, 6.07) is 2.98. The second kappa shape index (κ2) is 8.29. The van der Waals surface area contributed by atoms with Crippen LogP contribution in [0.5, 0.6) is 0 Å². The Morgan fingerprint density at radius 1 is 1.41 bits per heavy atom. The highest BCUT2D eigenvalue weighted by atomic mass is 32.2. The third-order valence-electron chi connectivity index (χ3n) is 4.72. The average molecular weight is 442 g/mol. The number of carbonyl (C=O) groups is 1. The van der Waals surface area contributed by atoms with Crippen LogP contribution in [0.3, 0.4) is 0 Å². The molecule has 158 valence electrons. The van der Waals surface area contributed by atoms with Crippen LogP contribution in [0.2, 0.25) is 0 Å². The van der Waals surface area contributed by atoms with Crippen LogP contribution in [-0.2, 0) is 27.7 Å². The Balaban J connectivity index is 1.90. The van der Waals surface area contributed by atoms with Crippen LogP contribution >= 0.6 is 11.3 Å². The van der Waals surface area contributed by atoms with Crippen LogP contribution in [0.1, 0.15) is 74.1 Å². The van der Waals surface area contributed by atoms with Gasteiger partial charge in [0.2, 0.25) is 5.95 Å². The molecule has 1 heterocycles. The molecule has 1 fully saturated rings. The second-order valence-corrected chi connectivity index (χ2v) is 10.6. The largest absolute Gasteiger partial charge is 0.383 e. The Labute approximate surface area is 175 Å². The summed E-state index contributed by atoms with van der Waals surface area (Å²) in [6.45, 7) is 6.89. The number of hydrogen-bond acceptors (Lipinski definition) is 4. The van der Waals surface area contributed by atoms with Crippen molar-refractivity contribution in [2.45, 2.75) is 68.6 Å². The molecule has 0 bridgehead atoms. The monoisotopic (exact) mass is 441 g/mol. The molecule has 3 rings (SSSR count). The van der Waals surface area contributed by atoms with Gasteiger partial charge >= 0.3 is 0 Å². The number of nitrogens with zero attached hydrogens (tertiary/aromatic N) is 2. The molecule has 0 spiro atoms. The topological polar surface area (TPSA) is 88.6 Å². The molecule has 5 nitrogen and oxygen atoms in total. The molecule has 0 aliphatic heterocycles. The van der Waals surface area contributed by atoms with Gasteiger partial charge in [0.05, 0.1) is 6.42 Å². The molecule has 1 aliphatic carbocycles. The summed E-state index contributed by atoms with van der Waals surface area (Å²) in [5, 5.41) is 16.1. The molecule has 9 heteroatoms. The zero-order chi connectivity index (χ0) is 21.5. The highest BCUT2D eigenvalue weighted by Crippen LogP contribution is 2.44. The maximum atomic E-state index is 14.2. The van der Waals surface area contributed by atoms with E-state index in [1.165, 1.54) is 26.0 Å². The lowest BCUT2D eigenvalue weighted by Gasteiger charge is -2.17. The number of aromatic nitrogens is 1. The summed E-state index contributed by atoms with van der Waals surface area (Å²) >= 11 is 0.907. The van der Waals surface area contributed by atoms with Crippen molar-refractivity contribution in [1.82, 2.24) is 4.98 Å². The van der Waals surface area contributed by atoms with Crippen LogP contribution in [0.25, 0.3) is 0 Å². The predicted octanol–water partition coefficient (Wildman–Crippen LogP) is 4.45. The van der Waals surface area contributed by atoms with Crippen molar-refractivity contribution in [3.8, 4) is 0 Å². The minimum atomic E-state index is -1.51.